The first kappa shape index (κ1) is 12.7. The van der Waals surface area contributed by atoms with Crippen LogP contribution in [0.2, 0.25) is 0 Å². The SMILES string of the molecule is CCNC(=O)CCNCc1ccc(Br)s1. The van der Waals surface area contributed by atoms with Crippen molar-refractivity contribution in [2.75, 3.05) is 13.1 Å². The Morgan fingerprint density at radius 3 is 2.93 bits per heavy atom. The van der Waals surface area contributed by atoms with Gasteiger partial charge in [0.1, 0.15) is 0 Å². The van der Waals surface area contributed by atoms with E-state index in [0.29, 0.717) is 13.0 Å². The van der Waals surface area contributed by atoms with Crippen molar-refractivity contribution >= 4 is 33.2 Å². The summed E-state index contributed by atoms with van der Waals surface area (Å²) in [6.45, 7) is 4.18. The molecule has 1 aromatic heterocycles. The lowest BCUT2D eigenvalue weighted by Crippen LogP contribution is -2.27. The second kappa shape index (κ2) is 6.98. The second-order valence-electron chi connectivity index (χ2n) is 3.09. The molecular formula is C10H15BrN2OS. The Bertz CT molecular complexity index is 314. The maximum absolute atomic E-state index is 11.1. The number of thiophene rings is 1. The van der Waals surface area contributed by atoms with Crippen molar-refractivity contribution in [1.29, 1.82) is 0 Å². The predicted octanol–water partition coefficient (Wildman–Crippen LogP) is 2.13. The number of amides is 1. The summed E-state index contributed by atoms with van der Waals surface area (Å²) < 4.78 is 1.14. The lowest BCUT2D eigenvalue weighted by atomic mass is 10.4. The smallest absolute Gasteiger partial charge is 0.221 e. The molecule has 0 bridgehead atoms. The minimum atomic E-state index is 0.109. The molecule has 0 saturated carbocycles. The molecule has 1 amide bonds. The molecule has 0 aromatic carbocycles. The van der Waals surface area contributed by atoms with E-state index in [0.717, 1.165) is 16.9 Å². The number of nitrogens with one attached hydrogen (secondary N) is 2. The number of rotatable bonds is 6. The lowest BCUT2D eigenvalue weighted by Gasteiger charge is -2.03. The Kier molecular flexibility index (Phi) is 5.90. The molecule has 3 nitrogen and oxygen atoms in total. The van der Waals surface area contributed by atoms with Gasteiger partial charge < -0.3 is 10.6 Å². The zero-order valence-electron chi connectivity index (χ0n) is 8.68. The standard InChI is InChI=1S/C10H15BrN2OS/c1-2-13-10(14)5-6-12-7-8-3-4-9(11)15-8/h3-4,12H,2,5-7H2,1H3,(H,13,14). The largest absolute Gasteiger partial charge is 0.356 e. The second-order valence-corrected chi connectivity index (χ2v) is 5.63. The van der Waals surface area contributed by atoms with E-state index < -0.39 is 0 Å². The van der Waals surface area contributed by atoms with Crippen molar-refractivity contribution in [3.05, 3.63) is 20.8 Å². The zero-order valence-corrected chi connectivity index (χ0v) is 11.1. The van der Waals surface area contributed by atoms with Gasteiger partial charge in [0.25, 0.3) is 0 Å². The summed E-state index contributed by atoms with van der Waals surface area (Å²) in [6.07, 6.45) is 0.542. The van der Waals surface area contributed by atoms with E-state index in [-0.39, 0.29) is 5.91 Å². The summed E-state index contributed by atoms with van der Waals surface area (Å²) in [5.41, 5.74) is 0. The molecular weight excluding hydrogens is 276 g/mol. The van der Waals surface area contributed by atoms with E-state index in [1.165, 1.54) is 4.88 Å². The van der Waals surface area contributed by atoms with Crippen LogP contribution in [0, 0.1) is 0 Å². The molecule has 0 radical (unpaired) electrons. The molecule has 0 spiro atoms. The Morgan fingerprint density at radius 1 is 1.53 bits per heavy atom. The normalized spacial score (nSPS) is 10.3. The molecule has 0 aliphatic carbocycles. The highest BCUT2D eigenvalue weighted by Gasteiger charge is 1.99. The average Bonchev–Trinajstić information content (AvgIpc) is 2.60. The van der Waals surface area contributed by atoms with Crippen molar-refractivity contribution < 1.29 is 4.79 Å². The summed E-state index contributed by atoms with van der Waals surface area (Å²) in [6, 6.07) is 4.11. The van der Waals surface area contributed by atoms with Crippen LogP contribution < -0.4 is 10.6 Å². The first-order chi connectivity index (χ1) is 7.22. The topological polar surface area (TPSA) is 41.1 Å². The van der Waals surface area contributed by atoms with Gasteiger partial charge in [-0.15, -0.1) is 11.3 Å². The van der Waals surface area contributed by atoms with Gasteiger partial charge in [0.15, 0.2) is 0 Å². The van der Waals surface area contributed by atoms with Gasteiger partial charge in [-0.05, 0) is 35.0 Å². The monoisotopic (exact) mass is 290 g/mol. The number of hydrogen-bond acceptors (Lipinski definition) is 3. The Hall–Kier alpha value is -0.390. The molecule has 0 atom stereocenters. The van der Waals surface area contributed by atoms with E-state index in [4.69, 9.17) is 0 Å². The number of halogens is 1. The molecule has 0 fully saturated rings. The minimum absolute atomic E-state index is 0.109. The van der Waals surface area contributed by atoms with Crippen LogP contribution in [0.3, 0.4) is 0 Å². The van der Waals surface area contributed by atoms with E-state index >= 15 is 0 Å². The quantitative estimate of drug-likeness (QED) is 0.788. The maximum Gasteiger partial charge on any atom is 0.221 e. The van der Waals surface area contributed by atoms with Crippen molar-refractivity contribution in [1.82, 2.24) is 10.6 Å². The Morgan fingerprint density at radius 2 is 2.33 bits per heavy atom. The molecule has 1 rings (SSSR count). The number of carbonyl (C=O) groups is 1. The van der Waals surface area contributed by atoms with Gasteiger partial charge in [-0.1, -0.05) is 0 Å². The van der Waals surface area contributed by atoms with Crippen LogP contribution in [-0.2, 0) is 11.3 Å². The number of hydrogen-bond donors (Lipinski definition) is 2. The molecule has 0 saturated heterocycles. The fraction of sp³-hybridized carbons (Fsp3) is 0.500. The molecule has 2 N–H and O–H groups in total. The molecule has 0 aliphatic rings. The highest BCUT2D eigenvalue weighted by atomic mass is 79.9. The van der Waals surface area contributed by atoms with Crippen LogP contribution in [0.15, 0.2) is 15.9 Å². The summed E-state index contributed by atoms with van der Waals surface area (Å²) in [5, 5.41) is 6.00. The van der Waals surface area contributed by atoms with Crippen LogP contribution in [0.5, 0.6) is 0 Å². The van der Waals surface area contributed by atoms with E-state index in [2.05, 4.69) is 32.6 Å². The average molecular weight is 291 g/mol. The molecule has 0 aliphatic heterocycles. The highest BCUT2D eigenvalue weighted by molar-refractivity contribution is 9.11. The van der Waals surface area contributed by atoms with Gasteiger partial charge >= 0.3 is 0 Å². The Balaban J connectivity index is 2.09. The third-order valence-corrected chi connectivity index (χ3v) is 3.45. The van der Waals surface area contributed by atoms with Crippen LogP contribution in [0.25, 0.3) is 0 Å². The van der Waals surface area contributed by atoms with Crippen molar-refractivity contribution in [3.63, 3.8) is 0 Å². The third kappa shape index (κ3) is 5.30. The fourth-order valence-corrected chi connectivity index (χ4v) is 2.60. The zero-order chi connectivity index (χ0) is 11.1. The molecule has 5 heteroatoms. The first-order valence-electron chi connectivity index (χ1n) is 4.94. The van der Waals surface area contributed by atoms with Crippen molar-refractivity contribution in [2.24, 2.45) is 0 Å². The van der Waals surface area contributed by atoms with E-state index in [1.807, 2.05) is 13.0 Å². The molecule has 1 aromatic rings. The summed E-state index contributed by atoms with van der Waals surface area (Å²) >= 11 is 5.12. The lowest BCUT2D eigenvalue weighted by molar-refractivity contribution is -0.120. The van der Waals surface area contributed by atoms with Crippen LogP contribution in [-0.4, -0.2) is 19.0 Å². The molecule has 84 valence electrons. The summed E-state index contributed by atoms with van der Waals surface area (Å²) in [7, 11) is 0. The van der Waals surface area contributed by atoms with Crippen LogP contribution >= 0.6 is 27.3 Å². The van der Waals surface area contributed by atoms with E-state index in [1.54, 1.807) is 11.3 Å². The van der Waals surface area contributed by atoms with Gasteiger partial charge in [0.05, 0.1) is 3.79 Å². The predicted molar refractivity (Wildman–Crippen MR) is 67.0 cm³/mol. The molecule has 15 heavy (non-hydrogen) atoms. The van der Waals surface area contributed by atoms with Gasteiger partial charge in [-0.2, -0.15) is 0 Å². The van der Waals surface area contributed by atoms with Crippen molar-refractivity contribution in [2.45, 2.75) is 19.9 Å². The Labute approximate surface area is 102 Å². The fourth-order valence-electron chi connectivity index (χ4n) is 1.15. The van der Waals surface area contributed by atoms with Crippen LogP contribution in [0.1, 0.15) is 18.2 Å². The first-order valence-corrected chi connectivity index (χ1v) is 6.55. The van der Waals surface area contributed by atoms with Gasteiger partial charge in [-0.3, -0.25) is 4.79 Å². The van der Waals surface area contributed by atoms with Crippen LogP contribution in [0.4, 0.5) is 0 Å². The molecule has 1 heterocycles. The molecule has 0 unspecified atom stereocenters. The number of carbonyl (C=O) groups excluding carboxylic acids is 1. The maximum atomic E-state index is 11.1. The summed E-state index contributed by atoms with van der Waals surface area (Å²) in [5.74, 6) is 0.109. The van der Waals surface area contributed by atoms with Gasteiger partial charge in [0.2, 0.25) is 5.91 Å². The third-order valence-electron chi connectivity index (χ3n) is 1.83. The minimum Gasteiger partial charge on any atom is -0.356 e. The van der Waals surface area contributed by atoms with Gasteiger partial charge in [0, 0.05) is 30.9 Å². The highest BCUT2D eigenvalue weighted by Crippen LogP contribution is 2.21. The van der Waals surface area contributed by atoms with Gasteiger partial charge in [-0.25, -0.2) is 0 Å². The van der Waals surface area contributed by atoms with E-state index in [9.17, 15) is 4.79 Å². The summed E-state index contributed by atoms with van der Waals surface area (Å²) in [4.78, 5) is 12.4. The van der Waals surface area contributed by atoms with Crippen molar-refractivity contribution in [3.8, 4) is 0 Å².